The molecule has 0 spiro atoms. The van der Waals surface area contributed by atoms with Gasteiger partial charge < -0.3 is 14.5 Å². The topological polar surface area (TPSA) is 47.3 Å². The lowest BCUT2D eigenvalue weighted by atomic mass is 10.2. The molecule has 1 aromatic heterocycles. The Bertz CT molecular complexity index is 535. The molecule has 0 aliphatic heterocycles. The molecule has 2 rings (SSSR count). The maximum atomic E-state index is 5.78. The highest BCUT2D eigenvalue weighted by Crippen LogP contribution is 2.24. The zero-order valence-electron chi connectivity index (χ0n) is 12.3. The van der Waals surface area contributed by atoms with E-state index in [-0.39, 0.29) is 0 Å². The molecule has 1 heterocycles. The van der Waals surface area contributed by atoms with Crippen molar-refractivity contribution in [1.82, 2.24) is 10.3 Å². The van der Waals surface area contributed by atoms with Crippen LogP contribution in [0.4, 0.5) is 0 Å². The number of hydrogen-bond donors (Lipinski definition) is 1. The lowest BCUT2D eigenvalue weighted by molar-refractivity contribution is 0.414. The van der Waals surface area contributed by atoms with Gasteiger partial charge in [-0.25, -0.2) is 4.98 Å². The minimum Gasteiger partial charge on any atom is -0.497 e. The maximum Gasteiger partial charge on any atom is 0.194 e. The number of hydrogen-bond acceptors (Lipinski definition) is 4. The summed E-state index contributed by atoms with van der Waals surface area (Å²) in [6.45, 7) is 5.27. The van der Waals surface area contributed by atoms with Crippen LogP contribution in [0.15, 0.2) is 34.9 Å². The van der Waals surface area contributed by atoms with Crippen molar-refractivity contribution in [2.24, 2.45) is 0 Å². The second-order valence-electron chi connectivity index (χ2n) is 5.06. The van der Waals surface area contributed by atoms with Gasteiger partial charge in [0.15, 0.2) is 11.7 Å². The monoisotopic (exact) mass is 274 g/mol. The molecule has 0 atom stereocenters. The summed E-state index contributed by atoms with van der Waals surface area (Å²) in [5.74, 6) is 2.39. The van der Waals surface area contributed by atoms with E-state index in [0.717, 1.165) is 42.4 Å². The first-order chi connectivity index (χ1) is 9.69. The van der Waals surface area contributed by atoms with Gasteiger partial charge in [0.05, 0.1) is 13.3 Å². The molecule has 0 aliphatic carbocycles. The van der Waals surface area contributed by atoms with Crippen LogP contribution in [0.2, 0.25) is 0 Å². The molecule has 0 fully saturated rings. The van der Waals surface area contributed by atoms with Gasteiger partial charge in [-0.3, -0.25) is 0 Å². The molecule has 2 aromatic rings. The van der Waals surface area contributed by atoms with Gasteiger partial charge in [0.25, 0.3) is 0 Å². The Kier molecular flexibility index (Phi) is 5.18. The summed E-state index contributed by atoms with van der Waals surface area (Å²) in [5, 5.41) is 3.38. The highest BCUT2D eigenvalue weighted by atomic mass is 16.5. The number of aryl methyl sites for hydroxylation is 1. The average Bonchev–Trinajstić information content (AvgIpc) is 2.92. The van der Waals surface area contributed by atoms with E-state index in [1.807, 2.05) is 24.3 Å². The van der Waals surface area contributed by atoms with E-state index in [0.29, 0.717) is 6.04 Å². The number of nitrogens with one attached hydrogen (secondary N) is 1. The lowest BCUT2D eigenvalue weighted by Gasteiger charge is -2.06. The first kappa shape index (κ1) is 14.6. The van der Waals surface area contributed by atoms with Crippen LogP contribution in [0.5, 0.6) is 5.75 Å². The van der Waals surface area contributed by atoms with Crippen LogP contribution < -0.4 is 10.1 Å². The molecule has 0 bridgehead atoms. The van der Waals surface area contributed by atoms with Crippen LogP contribution in [0.25, 0.3) is 11.3 Å². The molecular formula is C16H22N2O2. The quantitative estimate of drug-likeness (QED) is 0.787. The third-order valence-corrected chi connectivity index (χ3v) is 3.03. The van der Waals surface area contributed by atoms with Crippen molar-refractivity contribution < 1.29 is 9.15 Å². The van der Waals surface area contributed by atoms with E-state index in [2.05, 4.69) is 24.1 Å². The first-order valence-electron chi connectivity index (χ1n) is 7.01. The van der Waals surface area contributed by atoms with Crippen molar-refractivity contribution in [2.75, 3.05) is 13.7 Å². The molecule has 4 heteroatoms. The number of oxazole rings is 1. The number of ether oxygens (including phenoxy) is 1. The van der Waals surface area contributed by atoms with E-state index < -0.39 is 0 Å². The molecule has 0 unspecified atom stereocenters. The Morgan fingerprint density at radius 1 is 1.35 bits per heavy atom. The Balaban J connectivity index is 1.94. The molecule has 0 aliphatic rings. The van der Waals surface area contributed by atoms with Crippen LogP contribution in [-0.4, -0.2) is 24.7 Å². The second-order valence-corrected chi connectivity index (χ2v) is 5.06. The smallest absolute Gasteiger partial charge is 0.194 e. The van der Waals surface area contributed by atoms with E-state index >= 15 is 0 Å². The van der Waals surface area contributed by atoms with Crippen molar-refractivity contribution in [3.8, 4) is 17.1 Å². The Morgan fingerprint density at radius 3 is 2.95 bits per heavy atom. The van der Waals surface area contributed by atoms with Crippen LogP contribution in [0.1, 0.15) is 26.2 Å². The molecule has 0 radical (unpaired) electrons. The summed E-state index contributed by atoms with van der Waals surface area (Å²) in [7, 11) is 1.66. The van der Waals surface area contributed by atoms with Crippen LogP contribution in [-0.2, 0) is 6.42 Å². The molecule has 0 saturated carbocycles. The SMILES string of the molecule is COc1cccc(-c2cnc(CCCNC(C)C)o2)c1. The number of benzene rings is 1. The van der Waals surface area contributed by atoms with E-state index in [9.17, 15) is 0 Å². The third kappa shape index (κ3) is 4.10. The average molecular weight is 274 g/mol. The number of aromatic nitrogens is 1. The molecular weight excluding hydrogens is 252 g/mol. The Labute approximate surface area is 120 Å². The molecule has 1 aromatic carbocycles. The fourth-order valence-electron chi connectivity index (χ4n) is 1.97. The van der Waals surface area contributed by atoms with Gasteiger partial charge in [0, 0.05) is 18.0 Å². The van der Waals surface area contributed by atoms with Gasteiger partial charge in [-0.15, -0.1) is 0 Å². The summed E-state index contributed by atoms with van der Waals surface area (Å²) in [5.41, 5.74) is 0.989. The standard InChI is InChI=1S/C16H22N2O2/c1-12(2)17-9-5-8-16-18-11-15(20-16)13-6-4-7-14(10-13)19-3/h4,6-7,10-12,17H,5,8-9H2,1-3H3. The van der Waals surface area contributed by atoms with Gasteiger partial charge in [-0.2, -0.15) is 0 Å². The second kappa shape index (κ2) is 7.10. The molecule has 1 N–H and O–H groups in total. The molecule has 0 saturated heterocycles. The molecule has 108 valence electrons. The minimum atomic E-state index is 0.520. The number of methoxy groups -OCH3 is 1. The van der Waals surface area contributed by atoms with Crippen molar-refractivity contribution in [1.29, 1.82) is 0 Å². The van der Waals surface area contributed by atoms with Gasteiger partial charge in [0.2, 0.25) is 0 Å². The van der Waals surface area contributed by atoms with Crippen LogP contribution in [0, 0.1) is 0 Å². The molecule has 4 nitrogen and oxygen atoms in total. The van der Waals surface area contributed by atoms with Gasteiger partial charge in [0.1, 0.15) is 5.75 Å². The fourth-order valence-corrected chi connectivity index (χ4v) is 1.97. The minimum absolute atomic E-state index is 0.520. The summed E-state index contributed by atoms with van der Waals surface area (Å²) in [6.07, 6.45) is 3.65. The molecule has 20 heavy (non-hydrogen) atoms. The first-order valence-corrected chi connectivity index (χ1v) is 7.01. The van der Waals surface area contributed by atoms with E-state index in [1.165, 1.54) is 0 Å². The van der Waals surface area contributed by atoms with Crippen molar-refractivity contribution >= 4 is 0 Å². The molecule has 0 amide bonds. The zero-order valence-corrected chi connectivity index (χ0v) is 12.3. The Hall–Kier alpha value is -1.81. The van der Waals surface area contributed by atoms with Gasteiger partial charge >= 0.3 is 0 Å². The van der Waals surface area contributed by atoms with Crippen molar-refractivity contribution in [3.05, 3.63) is 36.4 Å². The van der Waals surface area contributed by atoms with Crippen molar-refractivity contribution in [3.63, 3.8) is 0 Å². The summed E-state index contributed by atoms with van der Waals surface area (Å²) in [4.78, 5) is 4.33. The van der Waals surface area contributed by atoms with Crippen molar-refractivity contribution in [2.45, 2.75) is 32.7 Å². The highest BCUT2D eigenvalue weighted by Gasteiger charge is 2.07. The normalized spacial score (nSPS) is 11.0. The summed E-state index contributed by atoms with van der Waals surface area (Å²) < 4.78 is 11.0. The fraction of sp³-hybridized carbons (Fsp3) is 0.438. The highest BCUT2D eigenvalue weighted by molar-refractivity contribution is 5.58. The Morgan fingerprint density at radius 2 is 2.20 bits per heavy atom. The number of nitrogens with zero attached hydrogens (tertiary/aromatic N) is 1. The summed E-state index contributed by atoms with van der Waals surface area (Å²) >= 11 is 0. The third-order valence-electron chi connectivity index (χ3n) is 3.03. The maximum absolute atomic E-state index is 5.78. The lowest BCUT2D eigenvalue weighted by Crippen LogP contribution is -2.23. The predicted octanol–water partition coefficient (Wildman–Crippen LogP) is 3.28. The van der Waals surface area contributed by atoms with Crippen LogP contribution >= 0.6 is 0 Å². The number of rotatable bonds is 7. The summed E-state index contributed by atoms with van der Waals surface area (Å²) in [6, 6.07) is 8.32. The van der Waals surface area contributed by atoms with E-state index in [1.54, 1.807) is 13.3 Å². The predicted molar refractivity (Wildman–Crippen MR) is 80.0 cm³/mol. The van der Waals surface area contributed by atoms with E-state index in [4.69, 9.17) is 9.15 Å². The zero-order chi connectivity index (χ0) is 14.4. The van der Waals surface area contributed by atoms with Gasteiger partial charge in [-0.05, 0) is 25.1 Å². The van der Waals surface area contributed by atoms with Gasteiger partial charge in [-0.1, -0.05) is 26.0 Å². The van der Waals surface area contributed by atoms with Crippen LogP contribution in [0.3, 0.4) is 0 Å². The largest absolute Gasteiger partial charge is 0.497 e.